The second-order valence-electron chi connectivity index (χ2n) is 11.0. The average Bonchev–Trinajstić information content (AvgIpc) is 2.93. The summed E-state index contributed by atoms with van der Waals surface area (Å²) < 4.78 is 5.94. The summed E-state index contributed by atoms with van der Waals surface area (Å²) in [7, 11) is 0. The zero-order valence-corrected chi connectivity index (χ0v) is 21.3. The van der Waals surface area contributed by atoms with Crippen LogP contribution >= 0.6 is 0 Å². The minimum Gasteiger partial charge on any atom is -0.465 e. The molecule has 2 saturated heterocycles. The molecule has 0 radical (unpaired) electrons. The van der Waals surface area contributed by atoms with Gasteiger partial charge in [-0.2, -0.15) is 0 Å². The van der Waals surface area contributed by atoms with Gasteiger partial charge in [0.05, 0.1) is 12.5 Å². The molecule has 4 aliphatic rings. The van der Waals surface area contributed by atoms with Crippen LogP contribution in [0.3, 0.4) is 0 Å². The number of carbonyl (C=O) groups excluding carboxylic acids is 1. The van der Waals surface area contributed by atoms with Gasteiger partial charge in [-0.25, -0.2) is 0 Å². The zero-order valence-electron chi connectivity index (χ0n) is 21.3. The van der Waals surface area contributed by atoms with Crippen molar-refractivity contribution in [2.24, 2.45) is 11.8 Å². The van der Waals surface area contributed by atoms with Crippen LogP contribution in [0, 0.1) is 11.8 Å². The fourth-order valence-electron chi connectivity index (χ4n) is 7.76. The van der Waals surface area contributed by atoms with E-state index in [4.69, 9.17) is 4.74 Å². The summed E-state index contributed by atoms with van der Waals surface area (Å²) in [6.07, 6.45) is 6.07. The predicted molar refractivity (Wildman–Crippen MR) is 144 cm³/mol. The minimum absolute atomic E-state index is 0.0163. The second-order valence-corrected chi connectivity index (χ2v) is 11.0. The van der Waals surface area contributed by atoms with E-state index >= 15 is 0 Å². The molecule has 0 aromatic heterocycles. The number of nitrogens with zero attached hydrogens (tertiary/aromatic N) is 1. The van der Waals surface area contributed by atoms with Crippen molar-refractivity contribution in [3.05, 3.63) is 107 Å². The molecule has 2 aliphatic carbocycles. The van der Waals surface area contributed by atoms with Crippen molar-refractivity contribution in [1.29, 1.82) is 0 Å². The number of benzene rings is 3. The van der Waals surface area contributed by atoms with Gasteiger partial charge in [0.2, 0.25) is 0 Å². The van der Waals surface area contributed by atoms with E-state index in [1.54, 1.807) is 5.56 Å². The Hall–Kier alpha value is -2.91. The van der Waals surface area contributed by atoms with Crippen molar-refractivity contribution < 1.29 is 9.53 Å². The van der Waals surface area contributed by atoms with Crippen LogP contribution < -0.4 is 0 Å². The molecule has 4 bridgehead atoms. The van der Waals surface area contributed by atoms with E-state index in [-0.39, 0.29) is 23.3 Å². The molecule has 0 spiro atoms. The van der Waals surface area contributed by atoms with E-state index in [9.17, 15) is 4.79 Å². The lowest BCUT2D eigenvalue weighted by atomic mass is 9.48. The lowest BCUT2D eigenvalue weighted by Crippen LogP contribution is -2.70. The summed E-state index contributed by atoms with van der Waals surface area (Å²) in [4.78, 5) is 16.2. The van der Waals surface area contributed by atoms with Crippen LogP contribution in [-0.4, -0.2) is 36.1 Å². The molecule has 0 N–H and O–H groups in total. The normalized spacial score (nSPS) is 28.5. The Kier molecular flexibility index (Phi) is 6.43. The third-order valence-electron chi connectivity index (χ3n) is 9.47. The first-order valence-electron chi connectivity index (χ1n) is 13.8. The van der Waals surface area contributed by atoms with E-state index in [2.05, 4.69) is 78.6 Å². The number of carbonyl (C=O) groups is 1. The van der Waals surface area contributed by atoms with E-state index in [1.165, 1.54) is 16.7 Å². The van der Waals surface area contributed by atoms with Crippen LogP contribution in [0.1, 0.15) is 48.4 Å². The van der Waals surface area contributed by atoms with E-state index < -0.39 is 0 Å². The van der Waals surface area contributed by atoms with Gasteiger partial charge in [0, 0.05) is 30.5 Å². The molecule has 3 aromatic rings. The topological polar surface area (TPSA) is 29.5 Å². The third kappa shape index (κ3) is 4.08. The maximum Gasteiger partial charge on any atom is 0.310 e. The second kappa shape index (κ2) is 9.86. The highest BCUT2D eigenvalue weighted by atomic mass is 16.5. The fourth-order valence-corrected chi connectivity index (χ4v) is 7.76. The average molecular weight is 480 g/mol. The largest absolute Gasteiger partial charge is 0.465 e. The molecule has 3 nitrogen and oxygen atoms in total. The van der Waals surface area contributed by atoms with Crippen LogP contribution in [0.2, 0.25) is 0 Å². The van der Waals surface area contributed by atoms with Gasteiger partial charge < -0.3 is 4.74 Å². The monoisotopic (exact) mass is 479 g/mol. The lowest BCUT2D eigenvalue weighted by molar-refractivity contribution is -0.167. The molecule has 1 saturated carbocycles. The van der Waals surface area contributed by atoms with Gasteiger partial charge in [-0.05, 0) is 60.3 Å². The van der Waals surface area contributed by atoms with Gasteiger partial charge in [0.1, 0.15) is 0 Å². The van der Waals surface area contributed by atoms with Crippen molar-refractivity contribution in [3.63, 3.8) is 0 Å². The van der Waals surface area contributed by atoms with Crippen LogP contribution in [0.15, 0.2) is 84.9 Å². The first-order valence-corrected chi connectivity index (χ1v) is 13.8. The number of ether oxygens (including phenoxy) is 1. The number of hydrogen-bond acceptors (Lipinski definition) is 3. The van der Waals surface area contributed by atoms with Gasteiger partial charge in [-0.3, -0.25) is 9.69 Å². The summed E-state index contributed by atoms with van der Waals surface area (Å²) in [5.74, 6) is 0.496. The molecular formula is C33H37NO2. The van der Waals surface area contributed by atoms with Gasteiger partial charge >= 0.3 is 5.97 Å². The third-order valence-corrected chi connectivity index (χ3v) is 9.47. The van der Waals surface area contributed by atoms with Gasteiger partial charge in [0.15, 0.2) is 0 Å². The maximum absolute atomic E-state index is 13.5. The summed E-state index contributed by atoms with van der Waals surface area (Å²) >= 11 is 0. The Bertz CT molecular complexity index is 1190. The molecule has 3 aromatic carbocycles. The Morgan fingerprint density at radius 2 is 1.56 bits per heavy atom. The SMILES string of the molecule is CC[C@@]12CC3C(C(=O)OCCc4ccccc4)CC1C(Cc1ccccc12)N3CCc1ccccc1. The Labute approximate surface area is 215 Å². The number of fused-ring (bicyclic) bond motifs is 2. The summed E-state index contributed by atoms with van der Waals surface area (Å²) in [6, 6.07) is 31.0. The van der Waals surface area contributed by atoms with E-state index in [0.29, 0.717) is 18.6 Å². The highest BCUT2D eigenvalue weighted by Gasteiger charge is 2.62. The number of hydrogen-bond donors (Lipinski definition) is 0. The summed E-state index contributed by atoms with van der Waals surface area (Å²) in [5.41, 5.74) is 5.86. The zero-order chi connectivity index (χ0) is 24.5. The van der Waals surface area contributed by atoms with Crippen molar-refractivity contribution in [3.8, 4) is 0 Å². The van der Waals surface area contributed by atoms with Crippen LogP contribution in [0.25, 0.3) is 0 Å². The smallest absolute Gasteiger partial charge is 0.310 e. The van der Waals surface area contributed by atoms with Crippen molar-refractivity contribution in [1.82, 2.24) is 4.90 Å². The highest BCUT2D eigenvalue weighted by molar-refractivity contribution is 5.74. The number of rotatable bonds is 8. The Morgan fingerprint density at radius 3 is 2.28 bits per heavy atom. The molecule has 3 heteroatoms. The van der Waals surface area contributed by atoms with Crippen molar-refractivity contribution in [2.75, 3.05) is 13.2 Å². The fraction of sp³-hybridized carbons (Fsp3) is 0.424. The molecule has 2 aliphatic heterocycles. The first-order chi connectivity index (χ1) is 17.7. The van der Waals surface area contributed by atoms with Crippen LogP contribution in [0.4, 0.5) is 0 Å². The maximum atomic E-state index is 13.5. The van der Waals surface area contributed by atoms with Crippen LogP contribution in [-0.2, 0) is 34.2 Å². The predicted octanol–water partition coefficient (Wildman–Crippen LogP) is 6.00. The Balaban J connectivity index is 1.25. The molecule has 3 fully saturated rings. The number of piperidine rings is 2. The molecule has 36 heavy (non-hydrogen) atoms. The number of esters is 1. The summed E-state index contributed by atoms with van der Waals surface area (Å²) in [5, 5.41) is 0. The van der Waals surface area contributed by atoms with Crippen LogP contribution in [0.5, 0.6) is 0 Å². The molecule has 0 amide bonds. The standard InChI is InChI=1S/C33H37NO2/c1-2-33-23-31-27(32(35)36-20-18-25-13-7-4-8-14-25)22-29(33)30(21-26-15-9-10-16-28(26)33)34(31)19-17-24-11-5-3-6-12-24/h3-16,27,29-31H,2,17-23H2,1H3/t27?,29?,30?,31?,33-/m0/s1. The molecule has 4 unspecified atom stereocenters. The molecule has 7 rings (SSSR count). The van der Waals surface area contributed by atoms with Crippen molar-refractivity contribution in [2.45, 2.75) is 62.9 Å². The van der Waals surface area contributed by atoms with Gasteiger partial charge in [0.25, 0.3) is 0 Å². The van der Waals surface area contributed by atoms with E-state index in [0.717, 1.165) is 45.1 Å². The minimum atomic E-state index is -0.0252. The molecular weight excluding hydrogens is 442 g/mol. The van der Waals surface area contributed by atoms with E-state index in [1.807, 2.05) is 18.2 Å². The lowest BCUT2D eigenvalue weighted by Gasteiger charge is -2.65. The highest BCUT2D eigenvalue weighted by Crippen LogP contribution is 2.59. The van der Waals surface area contributed by atoms with Crippen molar-refractivity contribution >= 4 is 5.97 Å². The van der Waals surface area contributed by atoms with Gasteiger partial charge in [-0.1, -0.05) is 91.9 Å². The molecule has 2 heterocycles. The Morgan fingerprint density at radius 1 is 0.889 bits per heavy atom. The van der Waals surface area contributed by atoms with Gasteiger partial charge in [-0.15, -0.1) is 0 Å². The quantitative estimate of drug-likeness (QED) is 0.371. The molecule has 186 valence electrons. The summed E-state index contributed by atoms with van der Waals surface area (Å²) in [6.45, 7) is 3.83. The molecule has 5 atom stereocenters. The first kappa shape index (κ1) is 23.5.